The van der Waals surface area contributed by atoms with E-state index in [1.54, 1.807) is 6.20 Å². The molecule has 3 aliphatic rings. The Balaban J connectivity index is 1.02. The highest BCUT2D eigenvalue weighted by atomic mass is 32.1. The second kappa shape index (κ2) is 12.0. The highest BCUT2D eigenvalue weighted by molar-refractivity contribution is 7.19. The molecule has 1 amide bonds. The minimum atomic E-state index is 0.0649. The molecule has 6 rings (SSSR count). The van der Waals surface area contributed by atoms with E-state index in [1.807, 2.05) is 12.1 Å². The molecule has 1 aromatic carbocycles. The summed E-state index contributed by atoms with van der Waals surface area (Å²) in [7, 11) is 0. The van der Waals surface area contributed by atoms with E-state index in [1.165, 1.54) is 28.9 Å². The van der Waals surface area contributed by atoms with Gasteiger partial charge >= 0.3 is 0 Å². The van der Waals surface area contributed by atoms with Crippen molar-refractivity contribution in [1.29, 1.82) is 0 Å². The number of amides is 1. The first-order valence-corrected chi connectivity index (χ1v) is 15.1. The Kier molecular flexibility index (Phi) is 8.01. The van der Waals surface area contributed by atoms with E-state index < -0.39 is 0 Å². The van der Waals surface area contributed by atoms with Crippen molar-refractivity contribution in [2.45, 2.75) is 58.0 Å². The fraction of sp³-hybridized carbons (Fsp3) is 0.552. The fourth-order valence-corrected chi connectivity index (χ4v) is 7.08. The Morgan fingerprint density at radius 1 is 0.974 bits per heavy atom. The minimum absolute atomic E-state index is 0.0649. The van der Waals surface area contributed by atoms with Crippen LogP contribution in [-0.4, -0.2) is 63.4 Å². The van der Waals surface area contributed by atoms with Crippen LogP contribution in [0.15, 0.2) is 42.6 Å². The normalized spacial score (nSPS) is 21.5. The molecule has 4 heterocycles. The number of aromatic nitrogens is 4. The van der Waals surface area contributed by atoms with Crippen molar-refractivity contribution in [3.8, 4) is 0 Å². The van der Waals surface area contributed by atoms with Gasteiger partial charge in [-0.25, -0.2) is 0 Å². The standard InChI is InChI=1S/C29H38N8OS/c1-20-6-2-3-7-23(20)18-36-15-11-22(12-16-36)26(21-8-4-9-21)27(38)32-29-35-34-28(39-29)31-24-13-17-37(19-24)25-10-5-14-30-33-25/h2-3,5-7,10,14,21-22,24,26H,4,8-9,11-13,15-19H2,1H3,(H,31,34)(H,32,35,38)/t24-,26-/m1/s1. The third-order valence-corrected chi connectivity index (χ3v) is 9.58. The molecule has 2 atom stereocenters. The molecule has 1 saturated carbocycles. The summed E-state index contributed by atoms with van der Waals surface area (Å²) >= 11 is 1.43. The van der Waals surface area contributed by atoms with Crippen molar-refractivity contribution < 1.29 is 4.79 Å². The average Bonchev–Trinajstić information content (AvgIpc) is 3.58. The minimum Gasteiger partial charge on any atom is -0.355 e. The van der Waals surface area contributed by atoms with Gasteiger partial charge in [-0.15, -0.1) is 15.3 Å². The Bertz CT molecular complexity index is 1240. The number of carbonyl (C=O) groups excluding carboxylic acids is 1. The molecule has 3 aromatic rings. The summed E-state index contributed by atoms with van der Waals surface area (Å²) in [6.07, 6.45) is 8.39. The number of likely N-dealkylation sites (tertiary alicyclic amines) is 1. The molecular weight excluding hydrogens is 508 g/mol. The molecule has 0 unspecified atom stereocenters. The third-order valence-electron chi connectivity index (χ3n) is 8.81. The Labute approximate surface area is 234 Å². The van der Waals surface area contributed by atoms with Crippen LogP contribution in [0.25, 0.3) is 0 Å². The number of aryl methyl sites for hydroxylation is 1. The molecule has 2 saturated heterocycles. The number of carbonyl (C=O) groups is 1. The molecular formula is C29H38N8OS. The lowest BCUT2D eigenvalue weighted by Crippen LogP contribution is -2.43. The maximum absolute atomic E-state index is 13.6. The highest BCUT2D eigenvalue weighted by Gasteiger charge is 2.40. The van der Waals surface area contributed by atoms with Gasteiger partial charge in [-0.05, 0) is 87.2 Å². The molecule has 1 aliphatic carbocycles. The first-order valence-electron chi connectivity index (χ1n) is 14.3. The molecule has 0 spiro atoms. The Morgan fingerprint density at radius 3 is 2.51 bits per heavy atom. The number of hydrogen-bond acceptors (Lipinski definition) is 9. The summed E-state index contributed by atoms with van der Waals surface area (Å²) < 4.78 is 0. The lowest BCUT2D eigenvalue weighted by Gasteiger charge is -2.41. The van der Waals surface area contributed by atoms with Crippen LogP contribution in [-0.2, 0) is 11.3 Å². The summed E-state index contributed by atoms with van der Waals surface area (Å²) in [6, 6.07) is 12.8. The topological polar surface area (TPSA) is 99.2 Å². The monoisotopic (exact) mass is 546 g/mol. The van der Waals surface area contributed by atoms with Crippen molar-refractivity contribution >= 4 is 33.3 Å². The Morgan fingerprint density at radius 2 is 1.77 bits per heavy atom. The van der Waals surface area contributed by atoms with Gasteiger partial charge < -0.3 is 15.5 Å². The van der Waals surface area contributed by atoms with Gasteiger partial charge in [0.25, 0.3) is 0 Å². The van der Waals surface area contributed by atoms with Gasteiger partial charge in [0.15, 0.2) is 5.82 Å². The molecule has 0 bridgehead atoms. The average molecular weight is 547 g/mol. The van der Waals surface area contributed by atoms with Gasteiger partial charge in [0.1, 0.15) is 0 Å². The van der Waals surface area contributed by atoms with Crippen LogP contribution in [0.4, 0.5) is 16.1 Å². The second-order valence-electron chi connectivity index (χ2n) is 11.3. The third kappa shape index (κ3) is 6.22. The number of piperidine rings is 1. The summed E-state index contributed by atoms with van der Waals surface area (Å²) in [4.78, 5) is 18.4. The smallest absolute Gasteiger partial charge is 0.229 e. The quantitative estimate of drug-likeness (QED) is 0.402. The van der Waals surface area contributed by atoms with Gasteiger partial charge in [-0.1, -0.05) is 42.0 Å². The zero-order valence-corrected chi connectivity index (χ0v) is 23.4. The van der Waals surface area contributed by atoms with Crippen LogP contribution in [0.5, 0.6) is 0 Å². The number of nitrogens with one attached hydrogen (secondary N) is 2. The number of rotatable bonds is 9. The van der Waals surface area contributed by atoms with Crippen molar-refractivity contribution in [1.82, 2.24) is 25.3 Å². The van der Waals surface area contributed by atoms with E-state index in [9.17, 15) is 4.79 Å². The van der Waals surface area contributed by atoms with E-state index in [-0.39, 0.29) is 17.9 Å². The molecule has 9 nitrogen and oxygen atoms in total. The first kappa shape index (κ1) is 26.1. The van der Waals surface area contributed by atoms with E-state index in [4.69, 9.17) is 0 Å². The van der Waals surface area contributed by atoms with E-state index >= 15 is 0 Å². The molecule has 2 N–H and O–H groups in total. The van der Waals surface area contributed by atoms with Crippen LogP contribution in [0.2, 0.25) is 0 Å². The van der Waals surface area contributed by atoms with Crippen molar-refractivity contribution in [3.63, 3.8) is 0 Å². The van der Waals surface area contributed by atoms with Gasteiger partial charge in [-0.2, -0.15) is 5.10 Å². The van der Waals surface area contributed by atoms with Crippen LogP contribution >= 0.6 is 11.3 Å². The summed E-state index contributed by atoms with van der Waals surface area (Å²) in [5.74, 6) is 2.02. The number of benzene rings is 1. The molecule has 2 aromatic heterocycles. The van der Waals surface area contributed by atoms with Crippen LogP contribution in [0, 0.1) is 24.7 Å². The van der Waals surface area contributed by atoms with Gasteiger partial charge in [0, 0.05) is 37.8 Å². The van der Waals surface area contributed by atoms with Crippen molar-refractivity contribution in [2.75, 3.05) is 41.7 Å². The number of nitrogens with zero attached hydrogens (tertiary/aromatic N) is 6. The molecule has 10 heteroatoms. The predicted molar refractivity (Wildman–Crippen MR) is 155 cm³/mol. The molecule has 39 heavy (non-hydrogen) atoms. The highest BCUT2D eigenvalue weighted by Crippen LogP contribution is 2.41. The number of hydrogen-bond donors (Lipinski definition) is 2. The predicted octanol–water partition coefficient (Wildman–Crippen LogP) is 4.59. The Hall–Kier alpha value is -3.11. The van der Waals surface area contributed by atoms with E-state index in [0.717, 1.165) is 75.8 Å². The molecule has 2 aliphatic heterocycles. The maximum Gasteiger partial charge on any atom is 0.229 e. The van der Waals surface area contributed by atoms with Crippen molar-refractivity contribution in [3.05, 3.63) is 53.7 Å². The maximum atomic E-state index is 13.6. The first-order chi connectivity index (χ1) is 19.1. The molecule has 206 valence electrons. The van der Waals surface area contributed by atoms with Gasteiger partial charge in [0.05, 0.1) is 0 Å². The SMILES string of the molecule is Cc1ccccc1CN1CCC([C@H](C(=O)Nc2nnc(N[C@@H]3CCN(c4cccnn4)C3)s2)C2CCC2)CC1. The van der Waals surface area contributed by atoms with Crippen LogP contribution in [0.3, 0.4) is 0 Å². The molecule has 0 radical (unpaired) electrons. The summed E-state index contributed by atoms with van der Waals surface area (Å²) in [6.45, 7) is 7.05. The largest absolute Gasteiger partial charge is 0.355 e. The summed E-state index contributed by atoms with van der Waals surface area (Å²) in [5, 5.41) is 24.8. The lowest BCUT2D eigenvalue weighted by atomic mass is 9.68. The zero-order chi connectivity index (χ0) is 26.6. The van der Waals surface area contributed by atoms with Crippen LogP contribution in [0.1, 0.15) is 49.7 Å². The van der Waals surface area contributed by atoms with E-state index in [2.05, 4.69) is 72.0 Å². The zero-order valence-electron chi connectivity index (χ0n) is 22.6. The van der Waals surface area contributed by atoms with Crippen LogP contribution < -0.4 is 15.5 Å². The summed E-state index contributed by atoms with van der Waals surface area (Å²) in [5.41, 5.74) is 2.76. The van der Waals surface area contributed by atoms with E-state index in [0.29, 0.717) is 17.0 Å². The molecule has 3 fully saturated rings. The van der Waals surface area contributed by atoms with Crippen molar-refractivity contribution in [2.24, 2.45) is 17.8 Å². The lowest BCUT2D eigenvalue weighted by molar-refractivity contribution is -0.125. The number of anilines is 3. The fourth-order valence-electron chi connectivity index (χ4n) is 6.35. The van der Waals surface area contributed by atoms with Gasteiger partial charge in [0.2, 0.25) is 16.2 Å². The second-order valence-corrected chi connectivity index (χ2v) is 12.3. The van der Waals surface area contributed by atoms with Gasteiger partial charge in [-0.3, -0.25) is 9.69 Å².